The molecular formula is C14H20N4. The molecule has 2 rings (SSSR count). The molecule has 18 heavy (non-hydrogen) atoms. The van der Waals surface area contributed by atoms with Gasteiger partial charge in [0.05, 0.1) is 0 Å². The molecule has 1 aliphatic rings. The van der Waals surface area contributed by atoms with Gasteiger partial charge in [-0.1, -0.05) is 24.3 Å². The Labute approximate surface area is 108 Å². The summed E-state index contributed by atoms with van der Waals surface area (Å²) in [6.45, 7) is 2.80. The number of rotatable bonds is 3. The molecule has 0 aromatic heterocycles. The minimum Gasteiger partial charge on any atom is -0.364 e. The van der Waals surface area contributed by atoms with Crippen LogP contribution in [0.3, 0.4) is 0 Å². The molecule has 0 saturated carbocycles. The first-order valence-electron chi connectivity index (χ1n) is 6.21. The first kappa shape index (κ1) is 12.5. The van der Waals surface area contributed by atoms with Crippen LogP contribution in [-0.2, 0) is 6.54 Å². The molecule has 0 amide bonds. The molecule has 0 fully saturated rings. The number of benzene rings is 1. The summed E-state index contributed by atoms with van der Waals surface area (Å²) < 4.78 is 0. The normalized spacial score (nSPS) is 15.0. The Balaban J connectivity index is 1.99. The highest BCUT2D eigenvalue weighted by Gasteiger charge is 2.07. The third-order valence-corrected chi connectivity index (χ3v) is 3.01. The summed E-state index contributed by atoms with van der Waals surface area (Å²) in [5, 5.41) is 6.27. The predicted molar refractivity (Wildman–Crippen MR) is 77.1 cm³/mol. The summed E-state index contributed by atoms with van der Waals surface area (Å²) in [4.78, 5) is 6.44. The maximum Gasteiger partial charge on any atom is 0.190 e. The van der Waals surface area contributed by atoms with Crippen molar-refractivity contribution >= 4 is 11.6 Å². The number of nitrogens with one attached hydrogen (secondary N) is 2. The van der Waals surface area contributed by atoms with Crippen molar-refractivity contribution in [2.24, 2.45) is 4.99 Å². The smallest absolute Gasteiger partial charge is 0.190 e. The fourth-order valence-corrected chi connectivity index (χ4v) is 2.02. The topological polar surface area (TPSA) is 39.7 Å². The van der Waals surface area contributed by atoms with Gasteiger partial charge in [-0.2, -0.15) is 0 Å². The van der Waals surface area contributed by atoms with Crippen molar-refractivity contribution in [1.82, 2.24) is 10.6 Å². The average Bonchev–Trinajstić information content (AvgIpc) is 2.94. The molecule has 0 spiro atoms. The first-order chi connectivity index (χ1) is 8.83. The van der Waals surface area contributed by atoms with E-state index in [0.717, 1.165) is 25.6 Å². The lowest BCUT2D eigenvalue weighted by molar-refractivity contribution is 0.864. The maximum absolute atomic E-state index is 4.10. The summed E-state index contributed by atoms with van der Waals surface area (Å²) in [6.07, 6.45) is 4.40. The molecule has 0 atom stereocenters. The quantitative estimate of drug-likeness (QED) is 0.479. The standard InChI is InChI=1S/C14H20N4/c1-15-14(16-2)17-11-12-6-5-7-13(10-12)18-8-3-4-9-18/h3-7,10H,8-9,11H2,1-2H3,(H2,15,16,17). The van der Waals surface area contributed by atoms with Gasteiger partial charge in [0, 0.05) is 39.4 Å². The Bertz CT molecular complexity index is 443. The van der Waals surface area contributed by atoms with E-state index >= 15 is 0 Å². The van der Waals surface area contributed by atoms with Gasteiger partial charge in [-0.3, -0.25) is 4.99 Å². The highest BCUT2D eigenvalue weighted by atomic mass is 15.2. The van der Waals surface area contributed by atoms with Crippen molar-refractivity contribution in [2.75, 3.05) is 32.1 Å². The summed E-state index contributed by atoms with van der Waals surface area (Å²) in [7, 11) is 3.63. The van der Waals surface area contributed by atoms with Gasteiger partial charge in [0.1, 0.15) is 0 Å². The largest absolute Gasteiger partial charge is 0.364 e. The van der Waals surface area contributed by atoms with Crippen molar-refractivity contribution in [3.63, 3.8) is 0 Å². The predicted octanol–water partition coefficient (Wildman–Crippen LogP) is 1.36. The van der Waals surface area contributed by atoms with Crippen molar-refractivity contribution < 1.29 is 0 Å². The molecule has 1 heterocycles. The zero-order chi connectivity index (χ0) is 12.8. The highest BCUT2D eigenvalue weighted by Crippen LogP contribution is 2.18. The highest BCUT2D eigenvalue weighted by molar-refractivity contribution is 5.79. The van der Waals surface area contributed by atoms with Gasteiger partial charge in [-0.15, -0.1) is 0 Å². The molecule has 2 N–H and O–H groups in total. The molecule has 0 unspecified atom stereocenters. The third-order valence-electron chi connectivity index (χ3n) is 3.01. The van der Waals surface area contributed by atoms with E-state index < -0.39 is 0 Å². The van der Waals surface area contributed by atoms with Crippen LogP contribution in [0.2, 0.25) is 0 Å². The average molecular weight is 244 g/mol. The second kappa shape index (κ2) is 6.10. The van der Waals surface area contributed by atoms with Crippen molar-refractivity contribution in [3.05, 3.63) is 42.0 Å². The van der Waals surface area contributed by atoms with Crippen molar-refractivity contribution in [3.8, 4) is 0 Å². The Morgan fingerprint density at radius 2 is 2.11 bits per heavy atom. The van der Waals surface area contributed by atoms with Crippen LogP contribution in [0, 0.1) is 0 Å². The van der Waals surface area contributed by atoms with Gasteiger partial charge in [0.25, 0.3) is 0 Å². The van der Waals surface area contributed by atoms with E-state index in [1.807, 2.05) is 7.05 Å². The fourth-order valence-electron chi connectivity index (χ4n) is 2.02. The summed E-state index contributed by atoms with van der Waals surface area (Å²) in [6, 6.07) is 8.61. The minimum absolute atomic E-state index is 0.780. The Morgan fingerprint density at radius 3 is 2.78 bits per heavy atom. The van der Waals surface area contributed by atoms with Crippen LogP contribution in [0.15, 0.2) is 41.4 Å². The van der Waals surface area contributed by atoms with Gasteiger partial charge in [-0.25, -0.2) is 0 Å². The molecule has 4 heteroatoms. The second-order valence-corrected chi connectivity index (χ2v) is 4.22. The fraction of sp³-hybridized carbons (Fsp3) is 0.357. The van der Waals surface area contributed by atoms with Gasteiger partial charge >= 0.3 is 0 Å². The van der Waals surface area contributed by atoms with E-state index in [1.54, 1.807) is 7.05 Å². The lowest BCUT2D eigenvalue weighted by Crippen LogP contribution is -2.34. The van der Waals surface area contributed by atoms with E-state index in [9.17, 15) is 0 Å². The lowest BCUT2D eigenvalue weighted by Gasteiger charge is -2.18. The molecule has 96 valence electrons. The minimum atomic E-state index is 0.780. The van der Waals surface area contributed by atoms with Crippen LogP contribution in [0.4, 0.5) is 5.69 Å². The number of anilines is 1. The zero-order valence-corrected chi connectivity index (χ0v) is 11.0. The number of nitrogens with zero attached hydrogens (tertiary/aromatic N) is 2. The number of hydrogen-bond acceptors (Lipinski definition) is 2. The van der Waals surface area contributed by atoms with Crippen LogP contribution in [-0.4, -0.2) is 33.1 Å². The Hall–Kier alpha value is -1.97. The van der Waals surface area contributed by atoms with Crippen molar-refractivity contribution in [1.29, 1.82) is 0 Å². The molecule has 0 radical (unpaired) electrons. The van der Waals surface area contributed by atoms with Crippen LogP contribution >= 0.6 is 0 Å². The zero-order valence-electron chi connectivity index (χ0n) is 11.0. The van der Waals surface area contributed by atoms with Gasteiger partial charge in [0.2, 0.25) is 0 Å². The van der Waals surface area contributed by atoms with Crippen LogP contribution in [0.25, 0.3) is 0 Å². The molecule has 0 aliphatic carbocycles. The molecule has 1 aromatic rings. The molecule has 4 nitrogen and oxygen atoms in total. The SMILES string of the molecule is CN=C(NC)NCc1cccc(N2CC=CC2)c1. The molecule has 0 saturated heterocycles. The van der Waals surface area contributed by atoms with Crippen molar-refractivity contribution in [2.45, 2.75) is 6.54 Å². The summed E-state index contributed by atoms with van der Waals surface area (Å²) in [5.74, 6) is 0.809. The van der Waals surface area contributed by atoms with E-state index in [1.165, 1.54) is 11.3 Å². The second-order valence-electron chi connectivity index (χ2n) is 4.22. The molecular weight excluding hydrogens is 224 g/mol. The van der Waals surface area contributed by atoms with Crippen LogP contribution in [0.1, 0.15) is 5.56 Å². The number of aliphatic imine (C=N–C) groups is 1. The molecule has 1 aliphatic heterocycles. The lowest BCUT2D eigenvalue weighted by atomic mass is 10.2. The maximum atomic E-state index is 4.10. The van der Waals surface area contributed by atoms with E-state index in [4.69, 9.17) is 0 Å². The first-order valence-corrected chi connectivity index (χ1v) is 6.21. The van der Waals surface area contributed by atoms with Gasteiger partial charge in [0.15, 0.2) is 5.96 Å². The van der Waals surface area contributed by atoms with E-state index in [-0.39, 0.29) is 0 Å². The Morgan fingerprint density at radius 1 is 1.33 bits per heavy atom. The van der Waals surface area contributed by atoms with Gasteiger partial charge in [-0.05, 0) is 17.7 Å². The molecule has 1 aromatic carbocycles. The van der Waals surface area contributed by atoms with Gasteiger partial charge < -0.3 is 15.5 Å². The van der Waals surface area contributed by atoms with E-state index in [0.29, 0.717) is 0 Å². The summed E-state index contributed by atoms with van der Waals surface area (Å²) >= 11 is 0. The third kappa shape index (κ3) is 3.03. The van der Waals surface area contributed by atoms with Crippen LogP contribution in [0.5, 0.6) is 0 Å². The van der Waals surface area contributed by atoms with E-state index in [2.05, 4.69) is 56.9 Å². The number of hydrogen-bond donors (Lipinski definition) is 2. The Kier molecular flexibility index (Phi) is 4.23. The monoisotopic (exact) mass is 244 g/mol. The van der Waals surface area contributed by atoms with Crippen LogP contribution < -0.4 is 15.5 Å². The molecule has 0 bridgehead atoms. The summed E-state index contributed by atoms with van der Waals surface area (Å²) in [5.41, 5.74) is 2.54. The number of guanidine groups is 1.